The lowest BCUT2D eigenvalue weighted by Gasteiger charge is -1.96. The standard InChI is InChI=1S/C17H11ClN4O3S/c18-13-7-5-12(6-8-13)16-20-21-17(26-16)19-15(23)9-4-11-2-1-3-14(10-11)22(24)25/h1-10H,(H,19,21,23)/b9-4+. The van der Waals surface area contributed by atoms with Gasteiger partial charge in [0.2, 0.25) is 11.0 Å². The molecule has 0 aliphatic rings. The molecule has 2 aromatic carbocycles. The number of hydrogen-bond acceptors (Lipinski definition) is 6. The zero-order chi connectivity index (χ0) is 18.5. The predicted octanol–water partition coefficient (Wildman–Crippen LogP) is 4.42. The number of non-ortho nitro benzene ring substituents is 1. The molecule has 3 aromatic rings. The van der Waals surface area contributed by atoms with Gasteiger partial charge in [-0.15, -0.1) is 10.2 Å². The smallest absolute Gasteiger partial charge is 0.270 e. The maximum absolute atomic E-state index is 12.0. The first-order chi connectivity index (χ1) is 12.5. The van der Waals surface area contributed by atoms with Gasteiger partial charge in [-0.1, -0.05) is 47.2 Å². The van der Waals surface area contributed by atoms with Crippen LogP contribution in [0.15, 0.2) is 54.6 Å². The molecule has 1 aromatic heterocycles. The number of nitro groups is 1. The highest BCUT2D eigenvalue weighted by atomic mass is 35.5. The fraction of sp³-hybridized carbons (Fsp3) is 0. The molecule has 0 saturated heterocycles. The molecule has 3 rings (SSSR count). The van der Waals surface area contributed by atoms with Crippen molar-refractivity contribution in [1.29, 1.82) is 0 Å². The molecule has 0 fully saturated rings. The summed E-state index contributed by atoms with van der Waals surface area (Å²) in [6.07, 6.45) is 2.77. The lowest BCUT2D eigenvalue weighted by Crippen LogP contribution is -2.07. The quantitative estimate of drug-likeness (QED) is 0.397. The summed E-state index contributed by atoms with van der Waals surface area (Å²) in [5.41, 5.74) is 1.36. The first-order valence-electron chi connectivity index (χ1n) is 7.34. The van der Waals surface area contributed by atoms with Crippen LogP contribution in [0, 0.1) is 10.1 Å². The van der Waals surface area contributed by atoms with E-state index in [9.17, 15) is 14.9 Å². The van der Waals surface area contributed by atoms with Gasteiger partial charge in [0.25, 0.3) is 5.69 Å². The Morgan fingerprint density at radius 1 is 1.19 bits per heavy atom. The Kier molecular flexibility index (Phi) is 5.35. The van der Waals surface area contributed by atoms with Gasteiger partial charge < -0.3 is 0 Å². The number of rotatable bonds is 5. The normalized spacial score (nSPS) is 10.8. The van der Waals surface area contributed by atoms with E-state index in [1.54, 1.807) is 24.3 Å². The van der Waals surface area contributed by atoms with Crippen molar-refractivity contribution in [3.63, 3.8) is 0 Å². The van der Waals surface area contributed by atoms with Gasteiger partial charge >= 0.3 is 0 Å². The second-order valence-electron chi connectivity index (χ2n) is 5.09. The predicted molar refractivity (Wildman–Crippen MR) is 101 cm³/mol. The molecule has 26 heavy (non-hydrogen) atoms. The number of halogens is 1. The molecule has 0 radical (unpaired) electrons. The lowest BCUT2D eigenvalue weighted by molar-refractivity contribution is -0.384. The average Bonchev–Trinajstić information content (AvgIpc) is 3.09. The second-order valence-corrected chi connectivity index (χ2v) is 6.51. The molecule has 130 valence electrons. The molecule has 0 bridgehead atoms. The number of hydrogen-bond donors (Lipinski definition) is 1. The fourth-order valence-electron chi connectivity index (χ4n) is 2.04. The third-order valence-corrected chi connectivity index (χ3v) is 4.39. The van der Waals surface area contributed by atoms with Crippen LogP contribution in [0.25, 0.3) is 16.6 Å². The van der Waals surface area contributed by atoms with Crippen molar-refractivity contribution in [3.05, 3.63) is 75.3 Å². The maximum atomic E-state index is 12.0. The summed E-state index contributed by atoms with van der Waals surface area (Å²) >= 11 is 7.08. The average molecular weight is 387 g/mol. The van der Waals surface area contributed by atoms with Crippen molar-refractivity contribution in [3.8, 4) is 10.6 Å². The minimum absolute atomic E-state index is 0.0377. The number of carbonyl (C=O) groups excluding carboxylic acids is 1. The highest BCUT2D eigenvalue weighted by Gasteiger charge is 2.09. The number of nitro benzene ring substituents is 1. The third-order valence-electron chi connectivity index (χ3n) is 3.25. The summed E-state index contributed by atoms with van der Waals surface area (Å²) < 4.78 is 0. The molecule has 0 spiro atoms. The summed E-state index contributed by atoms with van der Waals surface area (Å²) in [5, 5.41) is 22.9. The van der Waals surface area contributed by atoms with Gasteiger partial charge in [0, 0.05) is 28.8 Å². The topological polar surface area (TPSA) is 98.0 Å². The fourth-order valence-corrected chi connectivity index (χ4v) is 2.92. The molecule has 1 heterocycles. The Morgan fingerprint density at radius 3 is 2.69 bits per heavy atom. The van der Waals surface area contributed by atoms with Crippen LogP contribution in [0.2, 0.25) is 5.02 Å². The number of nitrogens with zero attached hydrogens (tertiary/aromatic N) is 3. The van der Waals surface area contributed by atoms with E-state index in [4.69, 9.17) is 11.6 Å². The zero-order valence-electron chi connectivity index (χ0n) is 13.1. The molecule has 0 aliphatic heterocycles. The van der Waals surface area contributed by atoms with Gasteiger partial charge in [0.1, 0.15) is 5.01 Å². The van der Waals surface area contributed by atoms with Crippen LogP contribution in [-0.2, 0) is 4.79 Å². The van der Waals surface area contributed by atoms with Gasteiger partial charge in [0.05, 0.1) is 4.92 Å². The number of aromatic nitrogens is 2. The molecule has 0 saturated carbocycles. The minimum atomic E-state index is -0.489. The van der Waals surface area contributed by atoms with Gasteiger partial charge in [-0.25, -0.2) is 0 Å². The lowest BCUT2D eigenvalue weighted by atomic mass is 10.2. The van der Waals surface area contributed by atoms with Gasteiger partial charge in [-0.2, -0.15) is 0 Å². The van der Waals surface area contributed by atoms with Crippen molar-refractivity contribution in [1.82, 2.24) is 10.2 Å². The van der Waals surface area contributed by atoms with Gasteiger partial charge in [-0.3, -0.25) is 20.2 Å². The molecule has 0 unspecified atom stereocenters. The summed E-state index contributed by atoms with van der Waals surface area (Å²) in [5.74, 6) is -0.407. The van der Waals surface area contributed by atoms with Crippen LogP contribution >= 0.6 is 22.9 Å². The summed E-state index contributed by atoms with van der Waals surface area (Å²) in [6.45, 7) is 0. The SMILES string of the molecule is O=C(/C=C/c1cccc([N+](=O)[O-])c1)Nc1nnc(-c2ccc(Cl)cc2)s1. The monoisotopic (exact) mass is 386 g/mol. The van der Waals surface area contributed by atoms with Crippen LogP contribution < -0.4 is 5.32 Å². The second kappa shape index (κ2) is 7.85. The Hall–Kier alpha value is -3.10. The summed E-state index contributed by atoms with van der Waals surface area (Å²) in [6, 6.07) is 13.1. The van der Waals surface area contributed by atoms with Gasteiger partial charge in [0.15, 0.2) is 0 Å². The summed E-state index contributed by atoms with van der Waals surface area (Å²) in [4.78, 5) is 22.2. The molecule has 0 aliphatic carbocycles. The van der Waals surface area contributed by atoms with E-state index in [1.807, 2.05) is 12.1 Å². The molecule has 0 atom stereocenters. The van der Waals surface area contributed by atoms with Gasteiger partial charge in [-0.05, 0) is 23.8 Å². The first kappa shape index (κ1) is 17.7. The highest BCUT2D eigenvalue weighted by Crippen LogP contribution is 2.27. The highest BCUT2D eigenvalue weighted by molar-refractivity contribution is 7.18. The number of carbonyl (C=O) groups is 1. The van der Waals surface area contributed by atoms with Crippen molar-refractivity contribution in [2.75, 3.05) is 5.32 Å². The van der Waals surface area contributed by atoms with Crippen molar-refractivity contribution in [2.45, 2.75) is 0 Å². The Bertz CT molecular complexity index is 986. The van der Waals surface area contributed by atoms with Crippen LogP contribution in [0.5, 0.6) is 0 Å². The molecule has 9 heteroatoms. The number of anilines is 1. The molecular formula is C17H11ClN4O3S. The zero-order valence-corrected chi connectivity index (χ0v) is 14.7. The van der Waals surface area contributed by atoms with Crippen LogP contribution in [0.4, 0.5) is 10.8 Å². The van der Waals surface area contributed by atoms with Crippen molar-refractivity contribution in [2.24, 2.45) is 0 Å². The number of nitrogens with one attached hydrogen (secondary N) is 1. The Labute approximate surface area is 157 Å². The minimum Gasteiger partial charge on any atom is -0.297 e. The Morgan fingerprint density at radius 2 is 1.96 bits per heavy atom. The molecular weight excluding hydrogens is 376 g/mol. The van der Waals surface area contributed by atoms with E-state index < -0.39 is 10.8 Å². The maximum Gasteiger partial charge on any atom is 0.270 e. The largest absolute Gasteiger partial charge is 0.297 e. The van der Waals surface area contributed by atoms with Crippen LogP contribution in [0.1, 0.15) is 5.56 Å². The number of amides is 1. The summed E-state index contributed by atoms with van der Waals surface area (Å²) in [7, 11) is 0. The van der Waals surface area contributed by atoms with Crippen molar-refractivity contribution >= 4 is 45.7 Å². The van der Waals surface area contributed by atoms with E-state index in [0.717, 1.165) is 5.56 Å². The van der Waals surface area contributed by atoms with Crippen LogP contribution in [0.3, 0.4) is 0 Å². The Balaban J connectivity index is 1.66. The molecule has 1 N–H and O–H groups in total. The number of benzene rings is 2. The molecule has 7 nitrogen and oxygen atoms in total. The van der Waals surface area contributed by atoms with E-state index in [1.165, 1.54) is 35.6 Å². The van der Waals surface area contributed by atoms with E-state index >= 15 is 0 Å². The van der Waals surface area contributed by atoms with E-state index in [0.29, 0.717) is 20.7 Å². The van der Waals surface area contributed by atoms with E-state index in [2.05, 4.69) is 15.5 Å². The van der Waals surface area contributed by atoms with E-state index in [-0.39, 0.29) is 5.69 Å². The first-order valence-corrected chi connectivity index (χ1v) is 8.54. The van der Waals surface area contributed by atoms with Crippen LogP contribution in [-0.4, -0.2) is 21.0 Å². The molecule has 1 amide bonds. The van der Waals surface area contributed by atoms with Crippen molar-refractivity contribution < 1.29 is 9.72 Å². The third kappa shape index (κ3) is 4.50.